The molecule has 6 nitrogen and oxygen atoms in total. The highest BCUT2D eigenvalue weighted by Gasteiger charge is 2.47. The molecule has 24 heavy (non-hydrogen) atoms. The molecule has 2 aromatic carbocycles. The van der Waals surface area contributed by atoms with E-state index in [4.69, 9.17) is 0 Å². The van der Waals surface area contributed by atoms with Crippen molar-refractivity contribution in [2.75, 3.05) is 17.3 Å². The zero-order chi connectivity index (χ0) is 17.5. The monoisotopic (exact) mass is 344 g/mol. The summed E-state index contributed by atoms with van der Waals surface area (Å²) in [6.07, 6.45) is 0. The molecule has 3 rings (SSSR count). The largest absolute Gasteiger partial charge is 0.324 e. The minimum Gasteiger partial charge on any atom is -0.324 e. The quantitative estimate of drug-likeness (QED) is 0.842. The van der Waals surface area contributed by atoms with Crippen LogP contribution in [0.2, 0.25) is 0 Å². The van der Waals surface area contributed by atoms with Crippen molar-refractivity contribution in [1.82, 2.24) is 0 Å². The van der Waals surface area contributed by atoms with Gasteiger partial charge in [0.25, 0.3) is 11.8 Å². The fourth-order valence-corrected chi connectivity index (χ4v) is 4.41. The minimum absolute atomic E-state index is 0.0174. The Balaban J connectivity index is 1.99. The van der Waals surface area contributed by atoms with Gasteiger partial charge in [-0.2, -0.15) is 0 Å². The summed E-state index contributed by atoms with van der Waals surface area (Å²) in [5.41, 5.74) is 1.72. The number of para-hydroxylation sites is 1. The molecular formula is C17H16N2O4S. The predicted octanol–water partition coefficient (Wildman–Crippen LogP) is 1.75. The molecule has 7 heteroatoms. The van der Waals surface area contributed by atoms with E-state index in [1.54, 1.807) is 42.5 Å². The average Bonchev–Trinajstić information content (AvgIpc) is 2.55. The number of carbonyl (C=O) groups excluding carboxylic acids is 2. The molecular weight excluding hydrogens is 328 g/mol. The zero-order valence-electron chi connectivity index (χ0n) is 13.2. The first-order valence-electron chi connectivity index (χ1n) is 7.30. The van der Waals surface area contributed by atoms with Crippen molar-refractivity contribution >= 4 is 33.0 Å². The van der Waals surface area contributed by atoms with Gasteiger partial charge in [-0.15, -0.1) is 0 Å². The summed E-state index contributed by atoms with van der Waals surface area (Å²) in [6.45, 7) is 1.90. The normalized spacial score (nSPS) is 18.8. The molecule has 1 aliphatic heterocycles. The van der Waals surface area contributed by atoms with E-state index in [-0.39, 0.29) is 10.6 Å². The van der Waals surface area contributed by atoms with Gasteiger partial charge in [0.1, 0.15) is 0 Å². The van der Waals surface area contributed by atoms with Gasteiger partial charge < -0.3 is 10.2 Å². The van der Waals surface area contributed by atoms with E-state index in [1.165, 1.54) is 18.0 Å². The lowest BCUT2D eigenvalue weighted by Gasteiger charge is -2.30. The van der Waals surface area contributed by atoms with Gasteiger partial charge in [0.15, 0.2) is 0 Å². The van der Waals surface area contributed by atoms with Crippen molar-refractivity contribution in [2.24, 2.45) is 0 Å². The molecule has 0 aromatic heterocycles. The number of hydrogen-bond donors (Lipinski definition) is 1. The van der Waals surface area contributed by atoms with Crippen molar-refractivity contribution in [3.8, 4) is 0 Å². The lowest BCUT2D eigenvalue weighted by molar-refractivity contribution is -0.124. The van der Waals surface area contributed by atoms with E-state index in [0.717, 1.165) is 5.56 Å². The number of rotatable bonds is 2. The third kappa shape index (κ3) is 2.56. The fraction of sp³-hybridized carbons (Fsp3) is 0.176. The summed E-state index contributed by atoms with van der Waals surface area (Å²) in [7, 11) is -2.64. The van der Waals surface area contributed by atoms with Crippen LogP contribution in [0.1, 0.15) is 5.56 Å². The molecule has 1 atom stereocenters. The van der Waals surface area contributed by atoms with Crippen LogP contribution >= 0.6 is 0 Å². The first kappa shape index (κ1) is 16.2. The number of nitrogens with zero attached hydrogens (tertiary/aromatic N) is 1. The predicted molar refractivity (Wildman–Crippen MR) is 90.6 cm³/mol. The second-order valence-corrected chi connectivity index (χ2v) is 7.65. The van der Waals surface area contributed by atoms with Gasteiger partial charge in [0.2, 0.25) is 15.1 Å². The third-order valence-electron chi connectivity index (χ3n) is 3.96. The zero-order valence-corrected chi connectivity index (χ0v) is 14.0. The van der Waals surface area contributed by atoms with Gasteiger partial charge in [-0.05, 0) is 31.2 Å². The number of aryl methyl sites for hydroxylation is 1. The van der Waals surface area contributed by atoms with Crippen LogP contribution in [-0.4, -0.2) is 32.5 Å². The van der Waals surface area contributed by atoms with Crippen molar-refractivity contribution in [3.05, 3.63) is 54.1 Å². The van der Waals surface area contributed by atoms with Crippen LogP contribution in [-0.2, 0) is 19.4 Å². The molecule has 0 fully saturated rings. The lowest BCUT2D eigenvalue weighted by atomic mass is 10.2. The Morgan fingerprint density at radius 3 is 2.38 bits per heavy atom. The second kappa shape index (κ2) is 5.76. The number of sulfone groups is 1. The molecule has 0 bridgehead atoms. The average molecular weight is 344 g/mol. The number of anilines is 2. The summed E-state index contributed by atoms with van der Waals surface area (Å²) in [4.78, 5) is 26.2. The van der Waals surface area contributed by atoms with Crippen LogP contribution < -0.4 is 10.2 Å². The number of benzene rings is 2. The number of nitrogens with one attached hydrogen (secondary N) is 1. The molecule has 1 aliphatic rings. The molecule has 124 valence electrons. The highest BCUT2D eigenvalue weighted by atomic mass is 32.2. The van der Waals surface area contributed by atoms with E-state index in [0.29, 0.717) is 5.69 Å². The number of fused-ring (bicyclic) bond motifs is 1. The van der Waals surface area contributed by atoms with Crippen LogP contribution in [0.25, 0.3) is 0 Å². The summed E-state index contributed by atoms with van der Waals surface area (Å²) in [5.74, 6) is -1.62. The van der Waals surface area contributed by atoms with Gasteiger partial charge in [-0.3, -0.25) is 9.59 Å². The first-order valence-corrected chi connectivity index (χ1v) is 8.85. The lowest BCUT2D eigenvalue weighted by Crippen LogP contribution is -2.51. The topological polar surface area (TPSA) is 83.6 Å². The molecule has 1 unspecified atom stereocenters. The van der Waals surface area contributed by atoms with Crippen LogP contribution in [0.15, 0.2) is 53.4 Å². The molecule has 1 N–H and O–H groups in total. The van der Waals surface area contributed by atoms with Crippen LogP contribution in [0.4, 0.5) is 11.4 Å². The fourth-order valence-electron chi connectivity index (χ4n) is 2.63. The number of hydrogen-bond acceptors (Lipinski definition) is 4. The highest BCUT2D eigenvalue weighted by Crippen LogP contribution is 2.33. The SMILES string of the molecule is Cc1ccc(NC(=O)C2C(=O)N(C)c3ccccc3S2(=O)=O)cc1. The molecule has 2 amide bonds. The summed E-state index contributed by atoms with van der Waals surface area (Å²) in [5, 5.41) is 0.718. The Bertz CT molecular complexity index is 920. The van der Waals surface area contributed by atoms with Gasteiger partial charge in [-0.1, -0.05) is 29.8 Å². The Morgan fingerprint density at radius 2 is 1.71 bits per heavy atom. The summed E-state index contributed by atoms with van der Waals surface area (Å²) >= 11 is 0. The van der Waals surface area contributed by atoms with E-state index >= 15 is 0 Å². The Labute approximate surface area is 140 Å². The van der Waals surface area contributed by atoms with E-state index in [9.17, 15) is 18.0 Å². The van der Waals surface area contributed by atoms with Crippen molar-refractivity contribution in [2.45, 2.75) is 17.1 Å². The molecule has 0 radical (unpaired) electrons. The van der Waals surface area contributed by atoms with Crippen molar-refractivity contribution < 1.29 is 18.0 Å². The van der Waals surface area contributed by atoms with Gasteiger partial charge in [-0.25, -0.2) is 8.42 Å². The smallest absolute Gasteiger partial charge is 0.255 e. The summed E-state index contributed by atoms with van der Waals surface area (Å²) < 4.78 is 25.5. The first-order chi connectivity index (χ1) is 11.3. The second-order valence-electron chi connectivity index (χ2n) is 5.65. The maximum atomic E-state index is 12.7. The molecule has 0 saturated carbocycles. The third-order valence-corrected chi connectivity index (χ3v) is 5.95. The maximum Gasteiger partial charge on any atom is 0.255 e. The maximum absolute atomic E-state index is 12.7. The Morgan fingerprint density at radius 1 is 1.08 bits per heavy atom. The number of carbonyl (C=O) groups is 2. The van der Waals surface area contributed by atoms with Crippen molar-refractivity contribution in [3.63, 3.8) is 0 Å². The molecule has 1 heterocycles. The van der Waals surface area contributed by atoms with Gasteiger partial charge >= 0.3 is 0 Å². The van der Waals surface area contributed by atoms with Crippen LogP contribution in [0.5, 0.6) is 0 Å². The van der Waals surface area contributed by atoms with Crippen LogP contribution in [0, 0.1) is 6.92 Å². The molecule has 2 aromatic rings. The van der Waals surface area contributed by atoms with Crippen molar-refractivity contribution in [1.29, 1.82) is 0 Å². The summed E-state index contributed by atoms with van der Waals surface area (Å²) in [6, 6.07) is 13.0. The molecule has 0 saturated heterocycles. The van der Waals surface area contributed by atoms with E-state index in [2.05, 4.69) is 5.32 Å². The molecule has 0 aliphatic carbocycles. The minimum atomic E-state index is -4.10. The van der Waals surface area contributed by atoms with E-state index < -0.39 is 26.9 Å². The Kier molecular flexibility index (Phi) is 3.88. The van der Waals surface area contributed by atoms with Gasteiger partial charge in [0, 0.05) is 12.7 Å². The van der Waals surface area contributed by atoms with Gasteiger partial charge in [0.05, 0.1) is 10.6 Å². The van der Waals surface area contributed by atoms with E-state index in [1.807, 2.05) is 6.92 Å². The Hall–Kier alpha value is -2.67. The van der Waals surface area contributed by atoms with Crippen LogP contribution in [0.3, 0.4) is 0 Å². The highest BCUT2D eigenvalue weighted by molar-refractivity contribution is 7.94. The number of amides is 2. The standard InChI is InChI=1S/C17H16N2O4S/c1-11-7-9-12(10-8-11)18-16(20)15-17(21)19(2)13-5-3-4-6-14(13)24(15,22)23/h3-10,15H,1-2H3,(H,18,20). The molecule has 0 spiro atoms.